The minimum absolute atomic E-state index is 0.0478. The second-order valence-corrected chi connectivity index (χ2v) is 6.84. The summed E-state index contributed by atoms with van der Waals surface area (Å²) in [5.74, 6) is -0.957. The van der Waals surface area contributed by atoms with Crippen molar-refractivity contribution in [1.29, 1.82) is 5.26 Å². The molecule has 8 nitrogen and oxygen atoms in total. The van der Waals surface area contributed by atoms with Crippen molar-refractivity contribution in [3.63, 3.8) is 0 Å². The number of aromatic nitrogens is 3. The first-order valence-electron chi connectivity index (χ1n) is 8.63. The molecule has 29 heavy (non-hydrogen) atoms. The summed E-state index contributed by atoms with van der Waals surface area (Å²) in [7, 11) is 0. The van der Waals surface area contributed by atoms with E-state index in [4.69, 9.17) is 10.00 Å². The Bertz CT molecular complexity index is 1060. The normalized spacial score (nSPS) is 10.2. The molecule has 2 aromatic carbocycles. The second-order valence-electron chi connectivity index (χ2n) is 5.83. The van der Waals surface area contributed by atoms with Crippen LogP contribution in [0.15, 0.2) is 59.5 Å². The van der Waals surface area contributed by atoms with Crippen molar-refractivity contribution in [2.75, 3.05) is 17.7 Å². The van der Waals surface area contributed by atoms with Gasteiger partial charge in [-0.1, -0.05) is 30.3 Å². The Hall–Kier alpha value is -3.64. The summed E-state index contributed by atoms with van der Waals surface area (Å²) < 4.78 is 5.09. The van der Waals surface area contributed by atoms with Crippen molar-refractivity contribution >= 4 is 29.3 Å². The number of ether oxygens (including phenoxy) is 1. The Labute approximate surface area is 171 Å². The van der Waals surface area contributed by atoms with Gasteiger partial charge in [0.05, 0.1) is 28.9 Å². The maximum Gasteiger partial charge on any atom is 0.361 e. The van der Waals surface area contributed by atoms with Crippen LogP contribution in [-0.4, -0.2) is 39.2 Å². The van der Waals surface area contributed by atoms with Gasteiger partial charge in [-0.05, 0) is 31.2 Å². The third-order valence-electron chi connectivity index (χ3n) is 3.75. The Morgan fingerprint density at radius 3 is 2.62 bits per heavy atom. The van der Waals surface area contributed by atoms with Crippen molar-refractivity contribution in [2.24, 2.45) is 0 Å². The lowest BCUT2D eigenvalue weighted by Crippen LogP contribution is -2.21. The number of aryl methyl sites for hydroxylation is 1. The van der Waals surface area contributed by atoms with E-state index in [-0.39, 0.29) is 11.4 Å². The molecule has 0 saturated heterocycles. The lowest BCUT2D eigenvalue weighted by atomic mass is 10.3. The van der Waals surface area contributed by atoms with Crippen LogP contribution in [0.3, 0.4) is 0 Å². The number of anilines is 1. The highest BCUT2D eigenvalue weighted by atomic mass is 32.2. The minimum atomic E-state index is -0.730. The molecule has 0 fully saturated rings. The van der Waals surface area contributed by atoms with Gasteiger partial charge in [-0.15, -0.1) is 16.9 Å². The highest BCUT2D eigenvalue weighted by molar-refractivity contribution is 7.99. The molecular formula is C20H17N5O3S. The number of amides is 1. The molecule has 1 heterocycles. The molecule has 0 spiro atoms. The van der Waals surface area contributed by atoms with E-state index in [1.807, 2.05) is 42.5 Å². The van der Waals surface area contributed by atoms with Gasteiger partial charge in [-0.25, -0.2) is 4.79 Å². The molecule has 9 heteroatoms. The number of nitriles is 1. The van der Waals surface area contributed by atoms with E-state index in [1.54, 1.807) is 25.1 Å². The van der Waals surface area contributed by atoms with Gasteiger partial charge < -0.3 is 10.1 Å². The van der Waals surface area contributed by atoms with E-state index in [0.717, 1.165) is 4.90 Å². The molecule has 146 valence electrons. The molecule has 0 aliphatic carbocycles. The van der Waals surface area contributed by atoms with E-state index in [2.05, 4.69) is 15.5 Å². The molecule has 0 unspecified atom stereocenters. The first-order chi connectivity index (χ1) is 14.1. The number of esters is 1. The maximum atomic E-state index is 12.3. The summed E-state index contributed by atoms with van der Waals surface area (Å²) in [5.41, 5.74) is 1.71. The van der Waals surface area contributed by atoms with Gasteiger partial charge in [-0.2, -0.15) is 15.2 Å². The Balaban J connectivity index is 1.61. The number of carbonyl (C=O) groups excluding carboxylic acids is 2. The van der Waals surface area contributed by atoms with Gasteiger partial charge >= 0.3 is 5.97 Å². The summed E-state index contributed by atoms with van der Waals surface area (Å²) in [5, 5.41) is 19.8. The number of nitrogens with zero attached hydrogens (tertiary/aromatic N) is 4. The van der Waals surface area contributed by atoms with E-state index in [0.29, 0.717) is 17.1 Å². The Kier molecular flexibility index (Phi) is 6.60. The Morgan fingerprint density at radius 1 is 1.14 bits per heavy atom. The van der Waals surface area contributed by atoms with Gasteiger partial charge in [0.2, 0.25) is 0 Å². The zero-order chi connectivity index (χ0) is 20.6. The fourth-order valence-electron chi connectivity index (χ4n) is 2.44. The van der Waals surface area contributed by atoms with E-state index < -0.39 is 18.5 Å². The smallest absolute Gasteiger partial charge is 0.361 e. The van der Waals surface area contributed by atoms with Gasteiger partial charge in [0.15, 0.2) is 12.3 Å². The van der Waals surface area contributed by atoms with Gasteiger partial charge in [0.25, 0.3) is 5.91 Å². The van der Waals surface area contributed by atoms with Crippen molar-refractivity contribution in [1.82, 2.24) is 15.0 Å². The third kappa shape index (κ3) is 5.21. The number of nitrogens with one attached hydrogen (secondary N) is 1. The molecule has 0 atom stereocenters. The number of benzene rings is 2. The van der Waals surface area contributed by atoms with Crippen LogP contribution in [0, 0.1) is 18.3 Å². The predicted molar refractivity (Wildman–Crippen MR) is 108 cm³/mol. The summed E-state index contributed by atoms with van der Waals surface area (Å²) >= 11 is 1.31. The lowest BCUT2D eigenvalue weighted by molar-refractivity contribution is -0.119. The van der Waals surface area contributed by atoms with Crippen LogP contribution in [-0.2, 0) is 9.53 Å². The average molecular weight is 407 g/mol. The van der Waals surface area contributed by atoms with Crippen molar-refractivity contribution in [3.05, 3.63) is 66.0 Å². The zero-order valence-corrected chi connectivity index (χ0v) is 16.3. The molecule has 0 bridgehead atoms. The average Bonchev–Trinajstić information content (AvgIpc) is 3.14. The van der Waals surface area contributed by atoms with Gasteiger partial charge in [0.1, 0.15) is 0 Å². The SMILES string of the molecule is Cc1nn(-c2ccccc2)nc1C(=O)OCC(=O)Nc1ccccc1SCC#N. The zero-order valence-electron chi connectivity index (χ0n) is 15.5. The first kappa shape index (κ1) is 20.1. The molecule has 0 radical (unpaired) electrons. The number of hydrogen-bond acceptors (Lipinski definition) is 7. The van der Waals surface area contributed by atoms with Crippen molar-refractivity contribution in [3.8, 4) is 11.8 Å². The number of para-hydroxylation sites is 2. The molecule has 1 N–H and O–H groups in total. The fraction of sp³-hybridized carbons (Fsp3) is 0.150. The van der Waals surface area contributed by atoms with E-state index in [9.17, 15) is 9.59 Å². The van der Waals surface area contributed by atoms with Crippen LogP contribution >= 0.6 is 11.8 Å². The fourth-order valence-corrected chi connectivity index (χ4v) is 3.11. The summed E-state index contributed by atoms with van der Waals surface area (Å²) in [6.07, 6.45) is 0. The second kappa shape index (κ2) is 9.52. The molecule has 3 aromatic rings. The highest BCUT2D eigenvalue weighted by Crippen LogP contribution is 2.26. The highest BCUT2D eigenvalue weighted by Gasteiger charge is 2.19. The molecule has 0 aliphatic heterocycles. The van der Waals surface area contributed by atoms with Crippen LogP contribution in [0.2, 0.25) is 0 Å². The van der Waals surface area contributed by atoms with Crippen molar-refractivity contribution in [2.45, 2.75) is 11.8 Å². The first-order valence-corrected chi connectivity index (χ1v) is 9.62. The van der Waals surface area contributed by atoms with Crippen LogP contribution in [0.25, 0.3) is 5.69 Å². The van der Waals surface area contributed by atoms with Crippen molar-refractivity contribution < 1.29 is 14.3 Å². The topological polar surface area (TPSA) is 110 Å². The molecule has 1 aromatic heterocycles. The van der Waals surface area contributed by atoms with Crippen LogP contribution in [0.5, 0.6) is 0 Å². The molecule has 3 rings (SSSR count). The van der Waals surface area contributed by atoms with Crippen LogP contribution < -0.4 is 5.32 Å². The van der Waals surface area contributed by atoms with Gasteiger partial charge in [0, 0.05) is 4.90 Å². The number of carbonyl (C=O) groups is 2. The third-order valence-corrected chi connectivity index (χ3v) is 4.69. The standard InChI is InChI=1S/C20H17N5O3S/c1-14-19(24-25(23-14)15-7-3-2-4-8-15)20(27)28-13-18(26)22-16-9-5-6-10-17(16)29-12-11-21/h2-10H,12-13H2,1H3,(H,22,26). The molecule has 0 saturated carbocycles. The molecule has 0 aliphatic rings. The Morgan fingerprint density at radius 2 is 1.86 bits per heavy atom. The number of rotatable bonds is 7. The quantitative estimate of drug-likeness (QED) is 0.473. The minimum Gasteiger partial charge on any atom is -0.451 e. The maximum absolute atomic E-state index is 12.3. The summed E-state index contributed by atoms with van der Waals surface area (Å²) in [4.78, 5) is 26.6. The van der Waals surface area contributed by atoms with E-state index in [1.165, 1.54) is 16.6 Å². The molecular weight excluding hydrogens is 390 g/mol. The molecule has 1 amide bonds. The summed E-state index contributed by atoms with van der Waals surface area (Å²) in [6.45, 7) is 1.18. The van der Waals surface area contributed by atoms with Crippen LogP contribution in [0.4, 0.5) is 5.69 Å². The number of hydrogen-bond donors (Lipinski definition) is 1. The summed E-state index contributed by atoms with van der Waals surface area (Å²) in [6, 6.07) is 18.3. The monoisotopic (exact) mass is 407 g/mol. The lowest BCUT2D eigenvalue weighted by Gasteiger charge is -2.09. The predicted octanol–water partition coefficient (Wildman–Crippen LogP) is 2.99. The van der Waals surface area contributed by atoms with Gasteiger partial charge in [-0.3, -0.25) is 4.79 Å². The van der Waals surface area contributed by atoms with E-state index >= 15 is 0 Å². The largest absolute Gasteiger partial charge is 0.451 e. The van der Waals surface area contributed by atoms with Crippen LogP contribution in [0.1, 0.15) is 16.2 Å². The number of thioether (sulfide) groups is 1.